The molecule has 2 rings (SSSR count). The maximum absolute atomic E-state index is 9.02. The van der Waals surface area contributed by atoms with Gasteiger partial charge in [-0.15, -0.1) is 0 Å². The summed E-state index contributed by atoms with van der Waals surface area (Å²) in [5.41, 5.74) is 9.31. The van der Waals surface area contributed by atoms with Crippen LogP contribution in [0.4, 0.5) is 11.4 Å². The fourth-order valence-electron chi connectivity index (χ4n) is 2.66. The molecule has 94 valence electrons. The minimum atomic E-state index is 0.294. The monoisotopic (exact) mass is 234 g/mol. The van der Waals surface area contributed by atoms with Crippen LogP contribution in [0.5, 0.6) is 0 Å². The van der Waals surface area contributed by atoms with Gasteiger partial charge in [0.2, 0.25) is 0 Å². The lowest BCUT2D eigenvalue weighted by Crippen LogP contribution is -2.36. The molecule has 0 aliphatic carbocycles. The number of aliphatic hydroxyl groups excluding tert-OH is 1. The smallest absolute Gasteiger partial charge is 0.0600 e. The molecule has 1 aromatic carbocycles. The van der Waals surface area contributed by atoms with Crippen LogP contribution in [0.2, 0.25) is 0 Å². The highest BCUT2D eigenvalue weighted by molar-refractivity contribution is 5.68. The molecule has 0 bridgehead atoms. The van der Waals surface area contributed by atoms with Crippen molar-refractivity contribution < 1.29 is 5.11 Å². The molecule has 0 aromatic heterocycles. The Hall–Kier alpha value is -1.22. The molecule has 1 unspecified atom stereocenters. The molecule has 17 heavy (non-hydrogen) atoms. The van der Waals surface area contributed by atoms with Crippen molar-refractivity contribution in [1.29, 1.82) is 0 Å². The van der Waals surface area contributed by atoms with Crippen molar-refractivity contribution in [3.63, 3.8) is 0 Å². The molecule has 1 heterocycles. The van der Waals surface area contributed by atoms with Gasteiger partial charge >= 0.3 is 0 Å². The van der Waals surface area contributed by atoms with Crippen molar-refractivity contribution in [2.75, 3.05) is 30.3 Å². The Kier molecular flexibility index (Phi) is 3.89. The first-order valence-electron chi connectivity index (χ1n) is 6.42. The van der Waals surface area contributed by atoms with E-state index < -0.39 is 0 Å². The standard InChI is InChI=1S/C14H22N2O/c1-11-4-5-14(13(15)9-11)16-7-2-3-12(10-16)6-8-17/h4-5,9,12,17H,2-3,6-8,10,15H2,1H3. The highest BCUT2D eigenvalue weighted by Gasteiger charge is 2.20. The molecule has 0 spiro atoms. The number of aryl methyl sites for hydroxylation is 1. The van der Waals surface area contributed by atoms with E-state index in [0.29, 0.717) is 12.5 Å². The Morgan fingerprint density at radius 1 is 1.47 bits per heavy atom. The number of nitrogen functional groups attached to an aromatic ring is 1. The van der Waals surface area contributed by atoms with Crippen molar-refractivity contribution in [2.45, 2.75) is 26.2 Å². The van der Waals surface area contributed by atoms with Gasteiger partial charge in [-0.3, -0.25) is 0 Å². The van der Waals surface area contributed by atoms with E-state index in [0.717, 1.165) is 30.9 Å². The fourth-order valence-corrected chi connectivity index (χ4v) is 2.66. The lowest BCUT2D eigenvalue weighted by Gasteiger charge is -2.35. The van der Waals surface area contributed by atoms with Crippen molar-refractivity contribution in [2.24, 2.45) is 5.92 Å². The molecule has 1 atom stereocenters. The lowest BCUT2D eigenvalue weighted by atomic mass is 9.94. The first kappa shape index (κ1) is 12.2. The van der Waals surface area contributed by atoms with Crippen LogP contribution in [0.25, 0.3) is 0 Å². The average molecular weight is 234 g/mol. The van der Waals surface area contributed by atoms with Crippen LogP contribution in [-0.4, -0.2) is 24.8 Å². The Balaban J connectivity index is 2.10. The van der Waals surface area contributed by atoms with Crippen molar-refractivity contribution in [3.05, 3.63) is 23.8 Å². The van der Waals surface area contributed by atoms with Crippen LogP contribution < -0.4 is 10.6 Å². The number of benzene rings is 1. The number of hydrogen-bond donors (Lipinski definition) is 2. The van der Waals surface area contributed by atoms with Crippen LogP contribution in [-0.2, 0) is 0 Å². The first-order valence-corrected chi connectivity index (χ1v) is 6.42. The third kappa shape index (κ3) is 2.91. The molecule has 1 fully saturated rings. The summed E-state index contributed by atoms with van der Waals surface area (Å²) in [5.74, 6) is 0.606. The molecule has 1 aromatic rings. The summed E-state index contributed by atoms with van der Waals surface area (Å²) in [4.78, 5) is 2.36. The van der Waals surface area contributed by atoms with E-state index in [2.05, 4.69) is 24.0 Å². The van der Waals surface area contributed by atoms with Gasteiger partial charge in [0.05, 0.1) is 11.4 Å². The summed E-state index contributed by atoms with van der Waals surface area (Å²) < 4.78 is 0. The van der Waals surface area contributed by atoms with Gasteiger partial charge in [-0.05, 0) is 49.8 Å². The van der Waals surface area contributed by atoms with Crippen molar-refractivity contribution in [3.8, 4) is 0 Å². The number of nitrogens with two attached hydrogens (primary N) is 1. The molecular formula is C14H22N2O. The lowest BCUT2D eigenvalue weighted by molar-refractivity contribution is 0.244. The number of piperidine rings is 1. The molecule has 0 saturated carbocycles. The quantitative estimate of drug-likeness (QED) is 0.788. The van der Waals surface area contributed by atoms with E-state index in [4.69, 9.17) is 10.8 Å². The van der Waals surface area contributed by atoms with Crippen LogP contribution >= 0.6 is 0 Å². The van der Waals surface area contributed by atoms with Gasteiger partial charge < -0.3 is 15.7 Å². The predicted molar refractivity (Wildman–Crippen MR) is 72.2 cm³/mol. The second kappa shape index (κ2) is 5.41. The molecule has 1 saturated heterocycles. The number of anilines is 2. The van der Waals surface area contributed by atoms with Gasteiger partial charge in [-0.1, -0.05) is 6.07 Å². The van der Waals surface area contributed by atoms with E-state index in [1.54, 1.807) is 0 Å². The van der Waals surface area contributed by atoms with E-state index in [1.165, 1.54) is 18.4 Å². The third-order valence-electron chi connectivity index (χ3n) is 3.58. The Labute approximate surface area is 103 Å². The summed E-state index contributed by atoms with van der Waals surface area (Å²) in [5, 5.41) is 9.02. The minimum Gasteiger partial charge on any atom is -0.397 e. The second-order valence-corrected chi connectivity index (χ2v) is 5.03. The summed E-state index contributed by atoms with van der Waals surface area (Å²) >= 11 is 0. The zero-order valence-corrected chi connectivity index (χ0v) is 10.5. The number of rotatable bonds is 3. The fraction of sp³-hybridized carbons (Fsp3) is 0.571. The van der Waals surface area contributed by atoms with Gasteiger partial charge in [0.15, 0.2) is 0 Å². The molecule has 3 N–H and O–H groups in total. The zero-order valence-electron chi connectivity index (χ0n) is 10.5. The van der Waals surface area contributed by atoms with Crippen molar-refractivity contribution in [1.82, 2.24) is 0 Å². The summed E-state index contributed by atoms with van der Waals surface area (Å²) in [6.07, 6.45) is 3.32. The summed E-state index contributed by atoms with van der Waals surface area (Å²) in [6, 6.07) is 6.26. The topological polar surface area (TPSA) is 49.5 Å². The zero-order chi connectivity index (χ0) is 12.3. The third-order valence-corrected chi connectivity index (χ3v) is 3.58. The number of aliphatic hydroxyl groups is 1. The predicted octanol–water partition coefficient (Wildman–Crippen LogP) is 2.18. The summed E-state index contributed by atoms with van der Waals surface area (Å²) in [7, 11) is 0. The normalized spacial score (nSPS) is 20.6. The molecule has 1 aliphatic rings. The molecule has 1 aliphatic heterocycles. The van der Waals surface area contributed by atoms with Gasteiger partial charge in [0.25, 0.3) is 0 Å². The van der Waals surface area contributed by atoms with Gasteiger partial charge in [-0.2, -0.15) is 0 Å². The van der Waals surface area contributed by atoms with Crippen LogP contribution in [0.3, 0.4) is 0 Å². The van der Waals surface area contributed by atoms with Gasteiger partial charge in [-0.25, -0.2) is 0 Å². The maximum Gasteiger partial charge on any atom is 0.0600 e. The molecular weight excluding hydrogens is 212 g/mol. The van der Waals surface area contributed by atoms with Crippen LogP contribution in [0.15, 0.2) is 18.2 Å². The van der Waals surface area contributed by atoms with Crippen molar-refractivity contribution >= 4 is 11.4 Å². The Morgan fingerprint density at radius 3 is 3.00 bits per heavy atom. The number of nitrogens with zero attached hydrogens (tertiary/aromatic N) is 1. The highest BCUT2D eigenvalue weighted by Crippen LogP contribution is 2.29. The summed E-state index contributed by atoms with van der Waals surface area (Å²) in [6.45, 7) is 4.45. The number of hydrogen-bond acceptors (Lipinski definition) is 3. The molecule has 3 heteroatoms. The first-order chi connectivity index (χ1) is 8.20. The van der Waals surface area contributed by atoms with Gasteiger partial charge in [0, 0.05) is 19.7 Å². The SMILES string of the molecule is Cc1ccc(N2CCCC(CCO)C2)c(N)c1. The molecule has 3 nitrogen and oxygen atoms in total. The molecule has 0 amide bonds. The average Bonchev–Trinajstić information content (AvgIpc) is 2.29. The maximum atomic E-state index is 9.02. The van der Waals surface area contributed by atoms with E-state index in [1.807, 2.05) is 6.07 Å². The Morgan fingerprint density at radius 2 is 2.29 bits per heavy atom. The minimum absolute atomic E-state index is 0.294. The Bertz CT molecular complexity index is 376. The largest absolute Gasteiger partial charge is 0.397 e. The van der Waals surface area contributed by atoms with E-state index in [9.17, 15) is 0 Å². The van der Waals surface area contributed by atoms with Crippen LogP contribution in [0.1, 0.15) is 24.8 Å². The van der Waals surface area contributed by atoms with Gasteiger partial charge in [0.1, 0.15) is 0 Å². The van der Waals surface area contributed by atoms with Crippen LogP contribution in [0, 0.1) is 12.8 Å². The van der Waals surface area contributed by atoms with E-state index in [-0.39, 0.29) is 0 Å². The highest BCUT2D eigenvalue weighted by atomic mass is 16.3. The second-order valence-electron chi connectivity index (χ2n) is 5.03. The van der Waals surface area contributed by atoms with E-state index >= 15 is 0 Å². The molecule has 0 radical (unpaired) electrons.